The van der Waals surface area contributed by atoms with E-state index in [9.17, 15) is 4.79 Å². The van der Waals surface area contributed by atoms with Crippen LogP contribution in [0.2, 0.25) is 0 Å². The van der Waals surface area contributed by atoms with Crippen molar-refractivity contribution in [1.82, 2.24) is 15.6 Å². The lowest BCUT2D eigenvalue weighted by Crippen LogP contribution is -2.47. The molecule has 0 spiro atoms. The number of rotatable bonds is 4. The number of carbonyl (C=O) groups is 1. The van der Waals surface area contributed by atoms with E-state index in [1.54, 1.807) is 6.26 Å². The summed E-state index contributed by atoms with van der Waals surface area (Å²) in [5.41, 5.74) is 0.818. The van der Waals surface area contributed by atoms with E-state index >= 15 is 0 Å². The van der Waals surface area contributed by atoms with Gasteiger partial charge in [0.1, 0.15) is 6.10 Å². The van der Waals surface area contributed by atoms with Gasteiger partial charge in [0.05, 0.1) is 25.1 Å². The fourth-order valence-electron chi connectivity index (χ4n) is 1.93. The maximum absolute atomic E-state index is 11.9. The second kappa shape index (κ2) is 7.56. The number of furan rings is 1. The van der Waals surface area contributed by atoms with Gasteiger partial charge in [0.25, 0.3) is 5.91 Å². The van der Waals surface area contributed by atoms with Crippen LogP contribution in [-0.4, -0.2) is 36.7 Å². The number of nitrogens with zero attached hydrogens (tertiary/aromatic N) is 1. The molecule has 0 saturated carbocycles. The van der Waals surface area contributed by atoms with Crippen molar-refractivity contribution in [3.63, 3.8) is 0 Å². The molecule has 1 saturated heterocycles. The van der Waals surface area contributed by atoms with Gasteiger partial charge in [0.2, 0.25) is 0 Å². The molecule has 21 heavy (non-hydrogen) atoms. The van der Waals surface area contributed by atoms with Crippen LogP contribution < -0.4 is 10.6 Å². The van der Waals surface area contributed by atoms with Crippen LogP contribution in [0, 0.1) is 0 Å². The SMILES string of the molecule is Cl.O=C(NCc1csc(-c2ccco2)n1)C1CNCCO1. The molecular formula is C13H16ClN3O3S. The second-order valence-corrected chi connectivity index (χ2v) is 5.26. The van der Waals surface area contributed by atoms with Gasteiger partial charge in [-0.05, 0) is 12.1 Å². The Morgan fingerprint density at radius 3 is 3.19 bits per heavy atom. The molecule has 0 radical (unpaired) electrons. The Morgan fingerprint density at radius 1 is 1.57 bits per heavy atom. The number of amides is 1. The fourth-order valence-corrected chi connectivity index (χ4v) is 2.71. The lowest BCUT2D eigenvalue weighted by Gasteiger charge is -2.22. The van der Waals surface area contributed by atoms with Crippen molar-refractivity contribution >= 4 is 29.7 Å². The number of morpholine rings is 1. The summed E-state index contributed by atoms with van der Waals surface area (Å²) in [4.78, 5) is 16.3. The Bertz CT molecular complexity index is 567. The lowest BCUT2D eigenvalue weighted by molar-refractivity contribution is -0.134. The number of halogens is 1. The molecule has 1 aliphatic heterocycles. The molecule has 1 unspecified atom stereocenters. The molecule has 0 aromatic carbocycles. The van der Waals surface area contributed by atoms with Crippen molar-refractivity contribution in [3.8, 4) is 10.8 Å². The first-order valence-corrected chi connectivity index (χ1v) is 7.29. The van der Waals surface area contributed by atoms with Gasteiger partial charge in [-0.15, -0.1) is 23.7 Å². The molecule has 1 fully saturated rings. The molecule has 8 heteroatoms. The molecule has 1 amide bonds. The van der Waals surface area contributed by atoms with Crippen molar-refractivity contribution in [2.45, 2.75) is 12.6 Å². The van der Waals surface area contributed by atoms with Crippen molar-refractivity contribution in [1.29, 1.82) is 0 Å². The summed E-state index contributed by atoms with van der Waals surface area (Å²) in [6.07, 6.45) is 1.21. The standard InChI is InChI=1S/C13H15N3O3S.ClH/c17-12(11-7-14-3-5-19-11)15-6-9-8-20-13(16-9)10-2-1-4-18-10;/h1-2,4,8,11,14H,3,5-7H2,(H,15,17);1H. The molecule has 114 valence electrons. The third kappa shape index (κ3) is 4.04. The van der Waals surface area contributed by atoms with Gasteiger partial charge >= 0.3 is 0 Å². The average molecular weight is 330 g/mol. The number of aromatic nitrogens is 1. The predicted molar refractivity (Wildman–Crippen MR) is 81.5 cm³/mol. The largest absolute Gasteiger partial charge is 0.462 e. The summed E-state index contributed by atoms with van der Waals surface area (Å²) in [5.74, 6) is 0.636. The van der Waals surface area contributed by atoms with Crippen molar-refractivity contribution in [3.05, 3.63) is 29.5 Å². The highest BCUT2D eigenvalue weighted by atomic mass is 35.5. The molecule has 6 nitrogen and oxygen atoms in total. The van der Waals surface area contributed by atoms with E-state index in [0.29, 0.717) is 19.7 Å². The van der Waals surface area contributed by atoms with Gasteiger partial charge in [-0.1, -0.05) is 0 Å². The lowest BCUT2D eigenvalue weighted by atomic mass is 10.3. The van der Waals surface area contributed by atoms with Gasteiger partial charge < -0.3 is 19.8 Å². The van der Waals surface area contributed by atoms with E-state index in [-0.39, 0.29) is 18.3 Å². The maximum Gasteiger partial charge on any atom is 0.250 e. The molecule has 3 rings (SSSR count). The highest BCUT2D eigenvalue weighted by molar-refractivity contribution is 7.13. The minimum Gasteiger partial charge on any atom is -0.462 e. The summed E-state index contributed by atoms with van der Waals surface area (Å²) in [6, 6.07) is 3.69. The summed E-state index contributed by atoms with van der Waals surface area (Å²) < 4.78 is 10.7. The Labute approximate surface area is 132 Å². The summed E-state index contributed by atoms with van der Waals surface area (Å²) in [5, 5.41) is 8.69. The van der Waals surface area contributed by atoms with Crippen LogP contribution in [0.15, 0.2) is 28.2 Å². The Kier molecular flexibility index (Phi) is 5.75. The molecule has 3 heterocycles. The quantitative estimate of drug-likeness (QED) is 0.887. The first-order chi connectivity index (χ1) is 9.83. The number of hydrogen-bond acceptors (Lipinski definition) is 6. The molecule has 0 bridgehead atoms. The zero-order chi connectivity index (χ0) is 13.8. The van der Waals surface area contributed by atoms with E-state index < -0.39 is 6.10 Å². The second-order valence-electron chi connectivity index (χ2n) is 4.40. The Morgan fingerprint density at radius 2 is 2.48 bits per heavy atom. The topological polar surface area (TPSA) is 76.4 Å². The molecular weight excluding hydrogens is 314 g/mol. The molecule has 2 aromatic rings. The molecule has 0 aliphatic carbocycles. The van der Waals surface area contributed by atoms with E-state index in [0.717, 1.165) is 23.0 Å². The Balaban J connectivity index is 0.00000161. The zero-order valence-electron chi connectivity index (χ0n) is 11.2. The molecule has 1 aliphatic rings. The maximum atomic E-state index is 11.9. The Hall–Kier alpha value is -1.41. The minimum absolute atomic E-state index is 0. The van der Waals surface area contributed by atoms with Crippen LogP contribution in [0.5, 0.6) is 0 Å². The van der Waals surface area contributed by atoms with Crippen LogP contribution in [-0.2, 0) is 16.1 Å². The zero-order valence-corrected chi connectivity index (χ0v) is 12.8. The van der Waals surface area contributed by atoms with Gasteiger partial charge in [-0.25, -0.2) is 4.98 Å². The van der Waals surface area contributed by atoms with Crippen LogP contribution in [0.25, 0.3) is 10.8 Å². The van der Waals surface area contributed by atoms with Gasteiger partial charge in [0, 0.05) is 18.5 Å². The van der Waals surface area contributed by atoms with Gasteiger partial charge in [-0.2, -0.15) is 0 Å². The molecule has 2 N–H and O–H groups in total. The number of carbonyl (C=O) groups excluding carboxylic acids is 1. The van der Waals surface area contributed by atoms with Crippen LogP contribution >= 0.6 is 23.7 Å². The average Bonchev–Trinajstić information content (AvgIpc) is 3.16. The third-order valence-corrected chi connectivity index (χ3v) is 3.85. The third-order valence-electron chi connectivity index (χ3n) is 2.95. The normalized spacial score (nSPS) is 18.0. The van der Waals surface area contributed by atoms with Gasteiger partial charge in [0.15, 0.2) is 10.8 Å². The molecule has 1 atom stereocenters. The van der Waals surface area contributed by atoms with Crippen LogP contribution in [0.3, 0.4) is 0 Å². The van der Waals surface area contributed by atoms with Crippen molar-refractivity contribution < 1.29 is 13.9 Å². The summed E-state index contributed by atoms with van der Waals surface area (Å²) in [6.45, 7) is 2.32. The van der Waals surface area contributed by atoms with E-state index in [1.807, 2.05) is 17.5 Å². The highest BCUT2D eigenvalue weighted by Gasteiger charge is 2.21. The van der Waals surface area contributed by atoms with Crippen LogP contribution in [0.1, 0.15) is 5.69 Å². The number of thiazole rings is 1. The fraction of sp³-hybridized carbons (Fsp3) is 0.385. The molecule has 2 aromatic heterocycles. The van der Waals surface area contributed by atoms with E-state index in [2.05, 4.69) is 15.6 Å². The van der Waals surface area contributed by atoms with Crippen LogP contribution in [0.4, 0.5) is 0 Å². The smallest absolute Gasteiger partial charge is 0.250 e. The van der Waals surface area contributed by atoms with Gasteiger partial charge in [-0.3, -0.25) is 4.79 Å². The number of ether oxygens (including phenoxy) is 1. The minimum atomic E-state index is -0.410. The number of nitrogens with one attached hydrogen (secondary N) is 2. The monoisotopic (exact) mass is 329 g/mol. The first kappa shape index (κ1) is 16.0. The van der Waals surface area contributed by atoms with E-state index in [1.165, 1.54) is 11.3 Å². The first-order valence-electron chi connectivity index (χ1n) is 6.41. The van der Waals surface area contributed by atoms with Crippen molar-refractivity contribution in [2.75, 3.05) is 19.7 Å². The van der Waals surface area contributed by atoms with E-state index in [4.69, 9.17) is 9.15 Å². The van der Waals surface area contributed by atoms with Crippen molar-refractivity contribution in [2.24, 2.45) is 0 Å². The number of hydrogen-bond donors (Lipinski definition) is 2. The predicted octanol–water partition coefficient (Wildman–Crippen LogP) is 1.43. The summed E-state index contributed by atoms with van der Waals surface area (Å²) in [7, 11) is 0. The highest BCUT2D eigenvalue weighted by Crippen LogP contribution is 2.23. The summed E-state index contributed by atoms with van der Waals surface area (Å²) >= 11 is 1.49.